The van der Waals surface area contributed by atoms with Crippen molar-refractivity contribution in [3.63, 3.8) is 0 Å². The molecule has 0 spiro atoms. The smallest absolute Gasteiger partial charge is 0.282 e. The number of amides is 2. The molecule has 0 aliphatic carbocycles. The molecule has 0 bridgehead atoms. The summed E-state index contributed by atoms with van der Waals surface area (Å²) >= 11 is 0. The zero-order chi connectivity index (χ0) is 25.3. The van der Waals surface area contributed by atoms with Gasteiger partial charge in [-0.2, -0.15) is 0 Å². The molecule has 1 aliphatic rings. The van der Waals surface area contributed by atoms with E-state index in [0.717, 1.165) is 16.8 Å². The van der Waals surface area contributed by atoms with Crippen molar-refractivity contribution >= 4 is 28.8 Å². The van der Waals surface area contributed by atoms with E-state index < -0.39 is 0 Å². The first-order chi connectivity index (χ1) is 16.7. The van der Waals surface area contributed by atoms with E-state index in [9.17, 15) is 9.59 Å². The van der Waals surface area contributed by atoms with Gasteiger partial charge in [-0.25, -0.2) is 4.90 Å². The number of imide groups is 1. The standard InChI is InChI=1S/C30H32N2O3/c1-18(2)22-8-12-24(13-9-22)31-28-27(23-10-15-26(16-11-23)35-19(3)4)29(33)32(30(28)34)25-14-7-20(5)21(6)17-25/h7-19,31H,1-6H3. The van der Waals surface area contributed by atoms with Gasteiger partial charge in [0.1, 0.15) is 11.4 Å². The Morgan fingerprint density at radius 2 is 1.43 bits per heavy atom. The van der Waals surface area contributed by atoms with Crippen LogP contribution < -0.4 is 15.0 Å². The number of carbonyl (C=O) groups excluding carboxylic acids is 2. The summed E-state index contributed by atoms with van der Waals surface area (Å²) in [4.78, 5) is 28.6. The highest BCUT2D eigenvalue weighted by atomic mass is 16.5. The van der Waals surface area contributed by atoms with Gasteiger partial charge >= 0.3 is 0 Å². The molecule has 0 aromatic heterocycles. The molecule has 0 unspecified atom stereocenters. The van der Waals surface area contributed by atoms with Gasteiger partial charge < -0.3 is 10.1 Å². The van der Waals surface area contributed by atoms with E-state index in [1.165, 1.54) is 10.5 Å². The Morgan fingerprint density at radius 3 is 2.00 bits per heavy atom. The molecule has 0 atom stereocenters. The van der Waals surface area contributed by atoms with Crippen molar-refractivity contribution in [2.24, 2.45) is 0 Å². The molecule has 180 valence electrons. The van der Waals surface area contributed by atoms with Gasteiger partial charge in [0.15, 0.2) is 0 Å². The van der Waals surface area contributed by atoms with Crippen LogP contribution in [0.4, 0.5) is 11.4 Å². The monoisotopic (exact) mass is 468 g/mol. The molecule has 3 aromatic carbocycles. The Balaban J connectivity index is 1.76. The molecule has 0 radical (unpaired) electrons. The molecule has 0 fully saturated rings. The van der Waals surface area contributed by atoms with E-state index in [4.69, 9.17) is 4.74 Å². The molecule has 1 heterocycles. The molecule has 4 rings (SSSR count). The van der Waals surface area contributed by atoms with E-state index in [1.54, 1.807) is 0 Å². The highest BCUT2D eigenvalue weighted by molar-refractivity contribution is 6.46. The maximum absolute atomic E-state index is 13.7. The van der Waals surface area contributed by atoms with Crippen LogP contribution in [0, 0.1) is 13.8 Å². The Kier molecular flexibility index (Phi) is 6.79. The van der Waals surface area contributed by atoms with Crippen molar-refractivity contribution in [1.82, 2.24) is 0 Å². The molecular formula is C30H32N2O3. The maximum atomic E-state index is 13.7. The summed E-state index contributed by atoms with van der Waals surface area (Å²) in [5.74, 6) is 0.395. The first-order valence-electron chi connectivity index (χ1n) is 12.0. The Labute approximate surface area is 207 Å². The van der Waals surface area contributed by atoms with Gasteiger partial charge in [0.25, 0.3) is 11.8 Å². The number of rotatable bonds is 7. The maximum Gasteiger partial charge on any atom is 0.282 e. The number of anilines is 2. The van der Waals surface area contributed by atoms with Gasteiger partial charge in [-0.05, 0) is 92.3 Å². The van der Waals surface area contributed by atoms with E-state index >= 15 is 0 Å². The summed E-state index contributed by atoms with van der Waals surface area (Å²) < 4.78 is 5.75. The Hall–Kier alpha value is -3.86. The normalized spacial score (nSPS) is 13.9. The average molecular weight is 469 g/mol. The van der Waals surface area contributed by atoms with Crippen LogP contribution in [-0.2, 0) is 9.59 Å². The molecule has 5 heteroatoms. The third-order valence-electron chi connectivity index (χ3n) is 6.19. The van der Waals surface area contributed by atoms with Gasteiger partial charge in [0.2, 0.25) is 0 Å². The van der Waals surface area contributed by atoms with E-state index in [2.05, 4.69) is 19.2 Å². The lowest BCUT2D eigenvalue weighted by atomic mass is 10.0. The van der Waals surface area contributed by atoms with Crippen molar-refractivity contribution in [2.75, 3.05) is 10.2 Å². The largest absolute Gasteiger partial charge is 0.491 e. The van der Waals surface area contributed by atoms with Crippen molar-refractivity contribution in [3.05, 3.63) is 94.7 Å². The van der Waals surface area contributed by atoms with Gasteiger partial charge in [-0.3, -0.25) is 9.59 Å². The fourth-order valence-electron chi connectivity index (χ4n) is 4.08. The lowest BCUT2D eigenvalue weighted by molar-refractivity contribution is -0.120. The van der Waals surface area contributed by atoms with Crippen LogP contribution in [0.3, 0.4) is 0 Å². The number of nitrogens with zero attached hydrogens (tertiary/aromatic N) is 1. The number of hydrogen-bond donors (Lipinski definition) is 1. The van der Waals surface area contributed by atoms with Crippen LogP contribution in [0.5, 0.6) is 5.75 Å². The molecule has 1 aliphatic heterocycles. The van der Waals surface area contributed by atoms with E-state index in [-0.39, 0.29) is 23.6 Å². The van der Waals surface area contributed by atoms with Crippen LogP contribution in [0.15, 0.2) is 72.4 Å². The minimum atomic E-state index is -0.372. The van der Waals surface area contributed by atoms with Crippen molar-refractivity contribution < 1.29 is 14.3 Å². The number of ether oxygens (including phenoxy) is 1. The summed E-state index contributed by atoms with van der Waals surface area (Å²) in [6.07, 6.45) is 0.0427. The number of hydrogen-bond acceptors (Lipinski definition) is 4. The molecule has 2 amide bonds. The fraction of sp³-hybridized carbons (Fsp3) is 0.267. The molecular weight excluding hydrogens is 436 g/mol. The Bertz CT molecular complexity index is 1290. The molecule has 5 nitrogen and oxygen atoms in total. The topological polar surface area (TPSA) is 58.6 Å². The van der Waals surface area contributed by atoms with Gasteiger partial charge in [-0.15, -0.1) is 0 Å². The predicted molar refractivity (Wildman–Crippen MR) is 142 cm³/mol. The number of benzene rings is 3. The molecule has 1 N–H and O–H groups in total. The lowest BCUT2D eigenvalue weighted by Crippen LogP contribution is -2.32. The first kappa shape index (κ1) is 24.3. The van der Waals surface area contributed by atoms with Gasteiger partial charge in [-0.1, -0.05) is 44.2 Å². The van der Waals surface area contributed by atoms with Crippen molar-refractivity contribution in [1.29, 1.82) is 0 Å². The van der Waals surface area contributed by atoms with Crippen LogP contribution in [0.2, 0.25) is 0 Å². The highest BCUT2D eigenvalue weighted by Crippen LogP contribution is 2.35. The predicted octanol–water partition coefficient (Wildman–Crippen LogP) is 6.61. The number of aryl methyl sites for hydroxylation is 2. The van der Waals surface area contributed by atoms with Crippen molar-refractivity contribution in [3.8, 4) is 5.75 Å². The fourth-order valence-corrected chi connectivity index (χ4v) is 4.08. The van der Waals surface area contributed by atoms with E-state index in [0.29, 0.717) is 28.5 Å². The second kappa shape index (κ2) is 9.79. The number of carbonyl (C=O) groups is 2. The second-order valence-electron chi connectivity index (χ2n) is 9.56. The molecule has 3 aromatic rings. The van der Waals surface area contributed by atoms with Gasteiger partial charge in [0.05, 0.1) is 17.4 Å². The van der Waals surface area contributed by atoms with Gasteiger partial charge in [0, 0.05) is 5.69 Å². The summed E-state index contributed by atoms with van der Waals surface area (Å²) in [5, 5.41) is 3.24. The van der Waals surface area contributed by atoms with E-state index in [1.807, 2.05) is 94.4 Å². The minimum Gasteiger partial charge on any atom is -0.491 e. The summed E-state index contributed by atoms with van der Waals surface area (Å²) in [5.41, 5.74) is 5.91. The first-order valence-corrected chi connectivity index (χ1v) is 12.0. The third kappa shape index (κ3) is 4.99. The van der Waals surface area contributed by atoms with Crippen LogP contribution in [0.25, 0.3) is 5.57 Å². The summed E-state index contributed by atoms with van der Waals surface area (Å²) in [7, 11) is 0. The average Bonchev–Trinajstić information content (AvgIpc) is 3.05. The van der Waals surface area contributed by atoms with Crippen LogP contribution in [0.1, 0.15) is 55.9 Å². The lowest BCUT2D eigenvalue weighted by Gasteiger charge is -2.17. The van der Waals surface area contributed by atoms with Crippen LogP contribution >= 0.6 is 0 Å². The highest BCUT2D eigenvalue weighted by Gasteiger charge is 2.40. The minimum absolute atomic E-state index is 0.0427. The summed E-state index contributed by atoms with van der Waals surface area (Å²) in [6, 6.07) is 20.9. The summed E-state index contributed by atoms with van der Waals surface area (Å²) in [6.45, 7) is 12.2. The zero-order valence-electron chi connectivity index (χ0n) is 21.2. The number of nitrogens with one attached hydrogen (secondary N) is 1. The SMILES string of the molecule is Cc1ccc(N2C(=O)C(Nc3ccc(C(C)C)cc3)=C(c3ccc(OC(C)C)cc3)C2=O)cc1C. The third-order valence-corrected chi connectivity index (χ3v) is 6.19. The zero-order valence-corrected chi connectivity index (χ0v) is 21.2. The molecule has 35 heavy (non-hydrogen) atoms. The quantitative estimate of drug-likeness (QED) is 0.396. The molecule has 0 saturated carbocycles. The second-order valence-corrected chi connectivity index (χ2v) is 9.56. The van der Waals surface area contributed by atoms with Crippen LogP contribution in [-0.4, -0.2) is 17.9 Å². The Morgan fingerprint density at radius 1 is 0.771 bits per heavy atom. The van der Waals surface area contributed by atoms with Crippen molar-refractivity contribution in [2.45, 2.75) is 53.6 Å². The molecule has 0 saturated heterocycles.